The molecule has 8 heteroatoms. The molecule has 1 aromatic carbocycles. The SMILES string of the molecule is CCn1c(-c2noc(CN)n2)cc2c([N+](=O)[O-])cccc21. The molecule has 2 heterocycles. The van der Waals surface area contributed by atoms with E-state index in [2.05, 4.69) is 10.1 Å². The van der Waals surface area contributed by atoms with E-state index in [1.165, 1.54) is 6.07 Å². The Morgan fingerprint density at radius 3 is 2.90 bits per heavy atom. The largest absolute Gasteiger partial charge is 0.338 e. The Bertz CT molecular complexity index is 820. The minimum Gasteiger partial charge on any atom is -0.338 e. The molecule has 8 nitrogen and oxygen atoms in total. The Hall–Kier alpha value is -2.74. The third-order valence-electron chi connectivity index (χ3n) is 3.31. The van der Waals surface area contributed by atoms with Crippen LogP contribution < -0.4 is 5.73 Å². The average molecular weight is 287 g/mol. The van der Waals surface area contributed by atoms with Crippen LogP contribution >= 0.6 is 0 Å². The van der Waals surface area contributed by atoms with E-state index in [1.54, 1.807) is 12.1 Å². The quantitative estimate of drug-likeness (QED) is 0.580. The number of rotatable bonds is 4. The molecule has 0 saturated carbocycles. The molecule has 0 aliphatic carbocycles. The van der Waals surface area contributed by atoms with Gasteiger partial charge in [-0.15, -0.1) is 0 Å². The van der Waals surface area contributed by atoms with E-state index in [0.29, 0.717) is 29.3 Å². The van der Waals surface area contributed by atoms with Crippen LogP contribution in [0.5, 0.6) is 0 Å². The molecule has 2 N–H and O–H groups in total. The standard InChI is InChI=1S/C13H13N5O3/c1-2-17-9-4-3-5-10(18(19)20)8(9)6-11(17)13-15-12(7-14)21-16-13/h3-6H,2,7,14H2,1H3. The fourth-order valence-corrected chi connectivity index (χ4v) is 2.40. The summed E-state index contributed by atoms with van der Waals surface area (Å²) in [4.78, 5) is 14.9. The van der Waals surface area contributed by atoms with E-state index in [9.17, 15) is 10.1 Å². The first kappa shape index (κ1) is 13.3. The van der Waals surface area contributed by atoms with Gasteiger partial charge in [-0.05, 0) is 19.1 Å². The summed E-state index contributed by atoms with van der Waals surface area (Å²) in [5.74, 6) is 0.704. The highest BCUT2D eigenvalue weighted by Gasteiger charge is 2.20. The second-order valence-electron chi connectivity index (χ2n) is 4.46. The molecule has 0 spiro atoms. The predicted molar refractivity (Wildman–Crippen MR) is 75.4 cm³/mol. The molecule has 0 bridgehead atoms. The van der Waals surface area contributed by atoms with Crippen LogP contribution in [-0.4, -0.2) is 19.6 Å². The van der Waals surface area contributed by atoms with Crippen molar-refractivity contribution in [1.29, 1.82) is 0 Å². The number of nitrogens with two attached hydrogens (primary N) is 1. The van der Waals surface area contributed by atoms with Crippen LogP contribution in [0.15, 0.2) is 28.8 Å². The number of non-ortho nitro benzene ring substituents is 1. The number of benzene rings is 1. The maximum Gasteiger partial charge on any atom is 0.278 e. The Labute approximate surface area is 119 Å². The Morgan fingerprint density at radius 2 is 2.29 bits per heavy atom. The van der Waals surface area contributed by atoms with Crippen LogP contribution in [0.1, 0.15) is 12.8 Å². The van der Waals surface area contributed by atoms with Gasteiger partial charge in [-0.3, -0.25) is 10.1 Å². The van der Waals surface area contributed by atoms with Gasteiger partial charge < -0.3 is 14.8 Å². The zero-order valence-electron chi connectivity index (χ0n) is 11.3. The molecule has 0 amide bonds. The van der Waals surface area contributed by atoms with Crippen LogP contribution in [0.3, 0.4) is 0 Å². The third-order valence-corrected chi connectivity index (χ3v) is 3.31. The molecule has 0 aliphatic heterocycles. The zero-order chi connectivity index (χ0) is 15.0. The molecule has 3 rings (SSSR count). The maximum absolute atomic E-state index is 11.1. The molecule has 0 atom stereocenters. The molecular formula is C13H13N5O3. The van der Waals surface area contributed by atoms with Crippen molar-refractivity contribution in [2.24, 2.45) is 5.73 Å². The molecule has 21 heavy (non-hydrogen) atoms. The summed E-state index contributed by atoms with van der Waals surface area (Å²) in [6.07, 6.45) is 0. The van der Waals surface area contributed by atoms with Gasteiger partial charge in [0.25, 0.3) is 5.69 Å². The van der Waals surface area contributed by atoms with Crippen molar-refractivity contribution in [2.45, 2.75) is 20.0 Å². The van der Waals surface area contributed by atoms with Crippen molar-refractivity contribution in [3.8, 4) is 11.5 Å². The average Bonchev–Trinajstić information content (AvgIpc) is 3.10. The number of aromatic nitrogens is 3. The molecule has 0 unspecified atom stereocenters. The molecule has 2 aromatic heterocycles. The first-order valence-corrected chi connectivity index (χ1v) is 6.45. The monoisotopic (exact) mass is 287 g/mol. The van der Waals surface area contributed by atoms with Crippen LogP contribution in [0.2, 0.25) is 0 Å². The number of nitro groups is 1. The smallest absolute Gasteiger partial charge is 0.278 e. The summed E-state index contributed by atoms with van der Waals surface area (Å²) >= 11 is 0. The fraction of sp³-hybridized carbons (Fsp3) is 0.231. The van der Waals surface area contributed by atoms with E-state index < -0.39 is 4.92 Å². The second-order valence-corrected chi connectivity index (χ2v) is 4.46. The van der Waals surface area contributed by atoms with Crippen LogP contribution in [0, 0.1) is 10.1 Å². The summed E-state index contributed by atoms with van der Waals surface area (Å²) in [6.45, 7) is 2.73. The summed E-state index contributed by atoms with van der Waals surface area (Å²) in [6, 6.07) is 6.69. The van der Waals surface area contributed by atoms with Gasteiger partial charge in [0.05, 0.1) is 28.1 Å². The first-order chi connectivity index (χ1) is 10.2. The van der Waals surface area contributed by atoms with Crippen molar-refractivity contribution < 1.29 is 9.45 Å². The van der Waals surface area contributed by atoms with Gasteiger partial charge in [0.15, 0.2) is 0 Å². The third kappa shape index (κ3) is 2.05. The van der Waals surface area contributed by atoms with E-state index >= 15 is 0 Å². The van der Waals surface area contributed by atoms with Gasteiger partial charge in [0, 0.05) is 12.6 Å². The summed E-state index contributed by atoms with van der Waals surface area (Å²) in [5, 5.41) is 15.6. The van der Waals surface area contributed by atoms with E-state index in [4.69, 9.17) is 10.3 Å². The molecule has 3 aromatic rings. The van der Waals surface area contributed by atoms with E-state index in [0.717, 1.165) is 5.52 Å². The summed E-state index contributed by atoms with van der Waals surface area (Å²) < 4.78 is 6.92. The van der Waals surface area contributed by atoms with Crippen LogP contribution in [-0.2, 0) is 13.1 Å². The lowest BCUT2D eigenvalue weighted by atomic mass is 10.2. The van der Waals surface area contributed by atoms with Crippen molar-refractivity contribution >= 4 is 16.6 Å². The number of fused-ring (bicyclic) bond motifs is 1. The highest BCUT2D eigenvalue weighted by Crippen LogP contribution is 2.32. The molecule has 0 fully saturated rings. The van der Waals surface area contributed by atoms with Gasteiger partial charge in [0.2, 0.25) is 11.7 Å². The minimum atomic E-state index is -0.395. The lowest BCUT2D eigenvalue weighted by Gasteiger charge is -2.04. The lowest BCUT2D eigenvalue weighted by Crippen LogP contribution is -1.99. The molecule has 108 valence electrons. The Kier molecular flexibility index (Phi) is 3.15. The van der Waals surface area contributed by atoms with E-state index in [-0.39, 0.29) is 12.2 Å². The summed E-state index contributed by atoms with van der Waals surface area (Å²) in [7, 11) is 0. The highest BCUT2D eigenvalue weighted by molar-refractivity contribution is 5.93. The second kappa shape index (κ2) is 4.98. The molecule has 0 radical (unpaired) electrons. The lowest BCUT2D eigenvalue weighted by molar-refractivity contribution is -0.383. The number of nitrogens with zero attached hydrogens (tertiary/aromatic N) is 4. The Balaban J connectivity index is 2.27. The molecular weight excluding hydrogens is 274 g/mol. The number of nitro benzene ring substituents is 1. The van der Waals surface area contributed by atoms with Gasteiger partial charge in [-0.2, -0.15) is 4.98 Å². The summed E-state index contributed by atoms with van der Waals surface area (Å²) in [5.41, 5.74) is 6.95. The van der Waals surface area contributed by atoms with Gasteiger partial charge in [0.1, 0.15) is 0 Å². The van der Waals surface area contributed by atoms with Gasteiger partial charge in [-0.1, -0.05) is 11.2 Å². The molecule has 0 aliphatic rings. The van der Waals surface area contributed by atoms with Gasteiger partial charge in [-0.25, -0.2) is 0 Å². The number of hydrogen-bond acceptors (Lipinski definition) is 6. The number of hydrogen-bond donors (Lipinski definition) is 1. The topological polar surface area (TPSA) is 113 Å². The fourth-order valence-electron chi connectivity index (χ4n) is 2.40. The normalized spacial score (nSPS) is 11.1. The van der Waals surface area contributed by atoms with Crippen LogP contribution in [0.25, 0.3) is 22.4 Å². The van der Waals surface area contributed by atoms with Crippen LogP contribution in [0.4, 0.5) is 5.69 Å². The Morgan fingerprint density at radius 1 is 1.48 bits per heavy atom. The van der Waals surface area contributed by atoms with E-state index in [1.807, 2.05) is 17.6 Å². The van der Waals surface area contributed by atoms with Crippen molar-refractivity contribution in [1.82, 2.24) is 14.7 Å². The zero-order valence-corrected chi connectivity index (χ0v) is 11.3. The highest BCUT2D eigenvalue weighted by atomic mass is 16.6. The van der Waals surface area contributed by atoms with Crippen molar-refractivity contribution in [3.05, 3.63) is 40.3 Å². The molecule has 0 saturated heterocycles. The van der Waals surface area contributed by atoms with Crippen molar-refractivity contribution in [3.63, 3.8) is 0 Å². The maximum atomic E-state index is 11.1. The first-order valence-electron chi connectivity index (χ1n) is 6.45. The minimum absolute atomic E-state index is 0.0588. The predicted octanol–water partition coefficient (Wildman–Crippen LogP) is 2.08. The number of aryl methyl sites for hydroxylation is 1. The van der Waals surface area contributed by atoms with Gasteiger partial charge >= 0.3 is 0 Å². The van der Waals surface area contributed by atoms with Crippen molar-refractivity contribution in [2.75, 3.05) is 0 Å².